The predicted molar refractivity (Wildman–Crippen MR) is 92.1 cm³/mol. The van der Waals surface area contributed by atoms with E-state index < -0.39 is 0 Å². The second kappa shape index (κ2) is 7.65. The maximum absolute atomic E-state index is 5.82. The Kier molecular flexibility index (Phi) is 5.12. The molecular formula is C20H20O3. The van der Waals surface area contributed by atoms with Gasteiger partial charge in [0.1, 0.15) is 6.61 Å². The zero-order valence-corrected chi connectivity index (χ0v) is 13.2. The molecule has 3 heteroatoms. The van der Waals surface area contributed by atoms with E-state index in [4.69, 9.17) is 14.2 Å². The van der Waals surface area contributed by atoms with Crippen molar-refractivity contribution in [2.75, 3.05) is 20.3 Å². The van der Waals surface area contributed by atoms with Crippen molar-refractivity contribution in [1.29, 1.82) is 0 Å². The van der Waals surface area contributed by atoms with E-state index in [1.807, 2.05) is 54.6 Å². The lowest BCUT2D eigenvalue weighted by atomic mass is 10.1. The maximum Gasteiger partial charge on any atom is 0.161 e. The van der Waals surface area contributed by atoms with Crippen LogP contribution in [0.5, 0.6) is 11.5 Å². The third-order valence-electron chi connectivity index (χ3n) is 3.63. The summed E-state index contributed by atoms with van der Waals surface area (Å²) in [6, 6.07) is 22.3. The van der Waals surface area contributed by atoms with Crippen LogP contribution in [0.2, 0.25) is 0 Å². The Morgan fingerprint density at radius 1 is 0.739 bits per heavy atom. The van der Waals surface area contributed by atoms with Crippen molar-refractivity contribution in [2.45, 2.75) is 6.61 Å². The molecule has 0 bridgehead atoms. The Hall–Kier alpha value is -2.52. The summed E-state index contributed by atoms with van der Waals surface area (Å²) in [4.78, 5) is 0. The monoisotopic (exact) mass is 308 g/mol. The van der Waals surface area contributed by atoms with Crippen LogP contribution in [0.15, 0.2) is 66.7 Å². The number of hydrogen-bond donors (Lipinski definition) is 0. The van der Waals surface area contributed by atoms with Gasteiger partial charge in [0, 0.05) is 0 Å². The molecule has 3 aromatic carbocycles. The minimum atomic E-state index is 0.488. The van der Waals surface area contributed by atoms with E-state index >= 15 is 0 Å². The minimum Gasteiger partial charge on any atom is -0.493 e. The van der Waals surface area contributed by atoms with Crippen molar-refractivity contribution in [2.24, 2.45) is 0 Å². The first-order valence-electron chi connectivity index (χ1n) is 7.68. The lowest BCUT2D eigenvalue weighted by Gasteiger charge is -2.12. The van der Waals surface area contributed by atoms with Crippen LogP contribution in [0.25, 0.3) is 10.8 Å². The van der Waals surface area contributed by atoms with Gasteiger partial charge in [-0.1, -0.05) is 54.6 Å². The fourth-order valence-corrected chi connectivity index (χ4v) is 2.45. The van der Waals surface area contributed by atoms with Gasteiger partial charge in [0.15, 0.2) is 11.5 Å². The highest BCUT2D eigenvalue weighted by Crippen LogP contribution is 2.32. The number of rotatable bonds is 7. The van der Waals surface area contributed by atoms with E-state index in [1.165, 1.54) is 0 Å². The van der Waals surface area contributed by atoms with Crippen molar-refractivity contribution in [1.82, 2.24) is 0 Å². The molecule has 3 aromatic rings. The fourth-order valence-electron chi connectivity index (χ4n) is 2.45. The molecule has 0 aliphatic rings. The van der Waals surface area contributed by atoms with Gasteiger partial charge in [-0.25, -0.2) is 0 Å². The van der Waals surface area contributed by atoms with Gasteiger partial charge < -0.3 is 14.2 Å². The molecule has 0 atom stereocenters. The number of ether oxygens (including phenoxy) is 3. The van der Waals surface area contributed by atoms with E-state index in [9.17, 15) is 0 Å². The van der Waals surface area contributed by atoms with Crippen LogP contribution in [0.3, 0.4) is 0 Å². The molecule has 0 aliphatic carbocycles. The van der Waals surface area contributed by atoms with Crippen LogP contribution in [0, 0.1) is 0 Å². The highest BCUT2D eigenvalue weighted by molar-refractivity contribution is 5.86. The average molecular weight is 308 g/mol. The van der Waals surface area contributed by atoms with Gasteiger partial charge in [-0.3, -0.25) is 0 Å². The number of methoxy groups -OCH3 is 1. The van der Waals surface area contributed by atoms with Crippen molar-refractivity contribution >= 4 is 10.8 Å². The summed E-state index contributed by atoms with van der Waals surface area (Å²) in [6.07, 6.45) is 0. The molecule has 0 amide bonds. The van der Waals surface area contributed by atoms with Crippen molar-refractivity contribution in [3.8, 4) is 11.5 Å². The molecule has 0 spiro atoms. The molecular weight excluding hydrogens is 288 g/mol. The van der Waals surface area contributed by atoms with E-state index in [1.54, 1.807) is 7.11 Å². The topological polar surface area (TPSA) is 27.7 Å². The Morgan fingerprint density at radius 3 is 2.09 bits per heavy atom. The van der Waals surface area contributed by atoms with E-state index in [0.29, 0.717) is 19.8 Å². The standard InChI is InChI=1S/C20H20O3/c1-21-19-13-17-9-5-6-10-18(17)14-20(19)23-12-11-22-15-16-7-3-2-4-8-16/h2-10,13-14H,11-12,15H2,1H3. The minimum absolute atomic E-state index is 0.488. The summed E-state index contributed by atoms with van der Waals surface area (Å²) < 4.78 is 16.9. The smallest absolute Gasteiger partial charge is 0.161 e. The second-order valence-corrected chi connectivity index (χ2v) is 5.24. The van der Waals surface area contributed by atoms with Crippen LogP contribution < -0.4 is 9.47 Å². The Balaban J connectivity index is 1.56. The molecule has 23 heavy (non-hydrogen) atoms. The maximum atomic E-state index is 5.82. The second-order valence-electron chi connectivity index (χ2n) is 5.24. The fraction of sp³-hybridized carbons (Fsp3) is 0.200. The molecule has 0 aromatic heterocycles. The number of fused-ring (bicyclic) bond motifs is 1. The quantitative estimate of drug-likeness (QED) is 0.604. The Bertz CT molecular complexity index is 753. The van der Waals surface area contributed by atoms with E-state index in [0.717, 1.165) is 27.8 Å². The number of benzene rings is 3. The largest absolute Gasteiger partial charge is 0.493 e. The summed E-state index contributed by atoms with van der Waals surface area (Å²) >= 11 is 0. The van der Waals surface area contributed by atoms with Crippen LogP contribution in [-0.4, -0.2) is 20.3 Å². The first-order valence-corrected chi connectivity index (χ1v) is 7.68. The van der Waals surface area contributed by atoms with Crippen LogP contribution in [0.1, 0.15) is 5.56 Å². The van der Waals surface area contributed by atoms with Crippen LogP contribution in [-0.2, 0) is 11.3 Å². The Morgan fingerprint density at radius 2 is 1.39 bits per heavy atom. The Labute approximate surface area is 136 Å². The molecule has 3 rings (SSSR count). The van der Waals surface area contributed by atoms with Gasteiger partial charge >= 0.3 is 0 Å². The molecule has 0 heterocycles. The lowest BCUT2D eigenvalue weighted by molar-refractivity contribution is 0.0880. The highest BCUT2D eigenvalue weighted by atomic mass is 16.5. The van der Waals surface area contributed by atoms with Gasteiger partial charge in [0.05, 0.1) is 20.3 Å². The van der Waals surface area contributed by atoms with Gasteiger partial charge in [0.2, 0.25) is 0 Å². The molecule has 0 aliphatic heterocycles. The third-order valence-corrected chi connectivity index (χ3v) is 3.63. The SMILES string of the molecule is COc1cc2ccccc2cc1OCCOCc1ccccc1. The van der Waals surface area contributed by atoms with Crippen molar-refractivity contribution in [3.63, 3.8) is 0 Å². The van der Waals surface area contributed by atoms with Crippen LogP contribution in [0.4, 0.5) is 0 Å². The normalized spacial score (nSPS) is 10.7. The summed E-state index contributed by atoms with van der Waals surface area (Å²) in [5, 5.41) is 2.27. The van der Waals surface area contributed by atoms with Gasteiger partial charge in [-0.05, 0) is 28.5 Å². The van der Waals surface area contributed by atoms with Gasteiger partial charge in [-0.15, -0.1) is 0 Å². The molecule has 0 fully saturated rings. The first-order chi connectivity index (χ1) is 11.4. The zero-order valence-electron chi connectivity index (χ0n) is 13.2. The van der Waals surface area contributed by atoms with E-state index in [-0.39, 0.29) is 0 Å². The van der Waals surface area contributed by atoms with Crippen molar-refractivity contribution < 1.29 is 14.2 Å². The molecule has 3 nitrogen and oxygen atoms in total. The summed E-state index contributed by atoms with van der Waals surface area (Å²) in [7, 11) is 1.66. The van der Waals surface area contributed by atoms with Gasteiger partial charge in [0.25, 0.3) is 0 Å². The zero-order chi connectivity index (χ0) is 15.9. The first kappa shape index (κ1) is 15.4. The van der Waals surface area contributed by atoms with Crippen LogP contribution >= 0.6 is 0 Å². The number of hydrogen-bond acceptors (Lipinski definition) is 3. The lowest BCUT2D eigenvalue weighted by Crippen LogP contribution is -2.07. The average Bonchev–Trinajstić information content (AvgIpc) is 2.61. The predicted octanol–water partition coefficient (Wildman–Crippen LogP) is 4.44. The van der Waals surface area contributed by atoms with Gasteiger partial charge in [-0.2, -0.15) is 0 Å². The molecule has 0 saturated heterocycles. The molecule has 118 valence electrons. The van der Waals surface area contributed by atoms with Crippen molar-refractivity contribution in [3.05, 3.63) is 72.3 Å². The third kappa shape index (κ3) is 4.02. The summed E-state index contributed by atoms with van der Waals surface area (Å²) in [5.41, 5.74) is 1.16. The summed E-state index contributed by atoms with van der Waals surface area (Å²) in [5.74, 6) is 1.49. The molecule has 0 radical (unpaired) electrons. The molecule has 0 saturated carbocycles. The molecule has 0 unspecified atom stereocenters. The molecule has 0 N–H and O–H groups in total. The summed E-state index contributed by atoms with van der Waals surface area (Å²) in [6.45, 7) is 1.62. The van der Waals surface area contributed by atoms with E-state index in [2.05, 4.69) is 12.1 Å². The highest BCUT2D eigenvalue weighted by Gasteiger charge is 2.06.